The molecular formula is C22H22N2O2. The van der Waals surface area contributed by atoms with Gasteiger partial charge in [0.25, 0.3) is 0 Å². The van der Waals surface area contributed by atoms with Gasteiger partial charge in [-0.15, -0.1) is 0 Å². The molecule has 0 aliphatic carbocycles. The summed E-state index contributed by atoms with van der Waals surface area (Å²) in [5.74, 6) is 0.690. The van der Waals surface area contributed by atoms with Crippen LogP contribution in [0.2, 0.25) is 0 Å². The number of nitrogens with zero attached hydrogens (tertiary/aromatic N) is 1. The van der Waals surface area contributed by atoms with Crippen molar-refractivity contribution < 1.29 is 9.53 Å². The minimum Gasteiger partial charge on any atom is -0.384 e. The van der Waals surface area contributed by atoms with Gasteiger partial charge in [0.2, 0.25) is 0 Å². The largest absolute Gasteiger partial charge is 0.384 e. The fourth-order valence-corrected chi connectivity index (χ4v) is 3.47. The zero-order valence-electron chi connectivity index (χ0n) is 15.1. The lowest BCUT2D eigenvalue weighted by molar-refractivity contribution is -0.0996. The van der Waals surface area contributed by atoms with Crippen molar-refractivity contribution in [2.75, 3.05) is 18.9 Å². The molecule has 0 radical (unpaired) electrons. The quantitative estimate of drug-likeness (QED) is 0.711. The van der Waals surface area contributed by atoms with Crippen LogP contribution in [0.15, 0.2) is 48.7 Å². The Kier molecular flexibility index (Phi) is 4.00. The molecule has 0 amide bonds. The van der Waals surface area contributed by atoms with E-state index in [0.29, 0.717) is 25.5 Å². The highest BCUT2D eigenvalue weighted by Gasteiger charge is 2.35. The van der Waals surface area contributed by atoms with Crippen LogP contribution in [0, 0.1) is 12.3 Å². The van der Waals surface area contributed by atoms with Crippen molar-refractivity contribution in [1.29, 1.82) is 0 Å². The van der Waals surface area contributed by atoms with Crippen molar-refractivity contribution in [2.45, 2.75) is 20.3 Å². The molecule has 1 aliphatic rings. The van der Waals surface area contributed by atoms with Gasteiger partial charge in [0, 0.05) is 29.0 Å². The Morgan fingerprint density at radius 1 is 1.15 bits per heavy atom. The van der Waals surface area contributed by atoms with E-state index in [0.717, 1.165) is 33.0 Å². The van der Waals surface area contributed by atoms with Crippen LogP contribution >= 0.6 is 0 Å². The molecule has 0 unspecified atom stereocenters. The van der Waals surface area contributed by atoms with Crippen molar-refractivity contribution in [3.05, 3.63) is 59.8 Å². The predicted molar refractivity (Wildman–Crippen MR) is 104 cm³/mol. The monoisotopic (exact) mass is 346 g/mol. The molecule has 2 aromatic carbocycles. The molecule has 0 spiro atoms. The summed E-state index contributed by atoms with van der Waals surface area (Å²) in [5, 5.41) is 2.09. The maximum Gasteiger partial charge on any atom is 0.163 e. The Bertz CT molecular complexity index is 1010. The normalized spacial score (nSPS) is 15.6. The molecule has 1 saturated heterocycles. The SMILES string of the molecule is Cc1ccc(C(=O)CC2(C)COC2)cc1-c1ccc2cc(N)ncc2c1. The van der Waals surface area contributed by atoms with Gasteiger partial charge in [0.15, 0.2) is 5.78 Å². The van der Waals surface area contributed by atoms with Crippen LogP contribution in [0.3, 0.4) is 0 Å². The number of nitrogens with two attached hydrogens (primary N) is 1. The smallest absolute Gasteiger partial charge is 0.163 e. The van der Waals surface area contributed by atoms with E-state index >= 15 is 0 Å². The van der Waals surface area contributed by atoms with E-state index in [1.165, 1.54) is 0 Å². The Hall–Kier alpha value is -2.72. The van der Waals surface area contributed by atoms with Crippen LogP contribution in [0.4, 0.5) is 5.82 Å². The summed E-state index contributed by atoms with van der Waals surface area (Å²) in [6.07, 6.45) is 2.31. The standard InChI is InChI=1S/C22H22N2O2/c1-14-3-4-17(20(25)10-22(2)12-26-13-22)8-19(14)16-6-5-15-9-21(23)24-11-18(15)7-16/h3-9,11H,10,12-13H2,1-2H3,(H2,23,24). The molecule has 3 aromatic rings. The molecular weight excluding hydrogens is 324 g/mol. The highest BCUT2D eigenvalue weighted by atomic mass is 16.5. The van der Waals surface area contributed by atoms with E-state index in [-0.39, 0.29) is 11.2 Å². The number of benzene rings is 2. The van der Waals surface area contributed by atoms with Crippen molar-refractivity contribution >= 4 is 22.4 Å². The van der Waals surface area contributed by atoms with E-state index in [1.807, 2.05) is 30.3 Å². The van der Waals surface area contributed by atoms with Crippen molar-refractivity contribution in [1.82, 2.24) is 4.98 Å². The van der Waals surface area contributed by atoms with E-state index < -0.39 is 0 Å². The Labute approximate surface area is 153 Å². The first-order valence-electron chi connectivity index (χ1n) is 8.81. The number of aryl methyl sites for hydroxylation is 1. The number of pyridine rings is 1. The van der Waals surface area contributed by atoms with E-state index in [4.69, 9.17) is 10.5 Å². The molecule has 0 atom stereocenters. The number of Topliss-reactive ketones (excluding diaryl/α,β-unsaturated/α-hetero) is 1. The number of anilines is 1. The third kappa shape index (κ3) is 3.08. The third-order valence-corrected chi connectivity index (χ3v) is 5.10. The number of carbonyl (C=O) groups is 1. The van der Waals surface area contributed by atoms with Gasteiger partial charge in [-0.2, -0.15) is 0 Å². The molecule has 4 rings (SSSR count). The van der Waals surface area contributed by atoms with Crippen LogP contribution in [0.5, 0.6) is 0 Å². The summed E-state index contributed by atoms with van der Waals surface area (Å²) in [6, 6.07) is 14.0. The second-order valence-electron chi connectivity index (χ2n) is 7.60. The Morgan fingerprint density at radius 2 is 1.96 bits per heavy atom. The molecule has 1 aliphatic heterocycles. The fraction of sp³-hybridized carbons (Fsp3) is 0.273. The lowest BCUT2D eigenvalue weighted by Crippen LogP contribution is -2.41. The highest BCUT2D eigenvalue weighted by Crippen LogP contribution is 2.33. The zero-order valence-corrected chi connectivity index (χ0v) is 15.1. The number of rotatable bonds is 4. The van der Waals surface area contributed by atoms with Gasteiger partial charge in [0.05, 0.1) is 13.2 Å². The van der Waals surface area contributed by atoms with Gasteiger partial charge in [-0.05, 0) is 47.2 Å². The second-order valence-corrected chi connectivity index (χ2v) is 7.60. The molecule has 1 fully saturated rings. The number of nitrogen functional groups attached to an aromatic ring is 1. The second kappa shape index (κ2) is 6.22. The number of fused-ring (bicyclic) bond motifs is 1. The minimum atomic E-state index is -0.0172. The maximum absolute atomic E-state index is 12.7. The van der Waals surface area contributed by atoms with Gasteiger partial charge in [0.1, 0.15) is 5.82 Å². The molecule has 0 bridgehead atoms. The summed E-state index contributed by atoms with van der Waals surface area (Å²) in [7, 11) is 0. The zero-order chi connectivity index (χ0) is 18.3. The maximum atomic E-state index is 12.7. The first-order chi connectivity index (χ1) is 12.4. The van der Waals surface area contributed by atoms with Crippen molar-refractivity contribution in [3.63, 3.8) is 0 Å². The van der Waals surface area contributed by atoms with Gasteiger partial charge in [-0.1, -0.05) is 31.2 Å². The molecule has 4 heteroatoms. The number of ketones is 1. The summed E-state index contributed by atoms with van der Waals surface area (Å²) in [5.41, 5.74) is 9.79. The van der Waals surface area contributed by atoms with Crippen LogP contribution in [-0.2, 0) is 4.74 Å². The molecule has 4 nitrogen and oxygen atoms in total. The average molecular weight is 346 g/mol. The van der Waals surface area contributed by atoms with Gasteiger partial charge < -0.3 is 10.5 Å². The number of carbonyl (C=O) groups excluding carboxylic acids is 1. The van der Waals surface area contributed by atoms with Gasteiger partial charge in [-0.3, -0.25) is 4.79 Å². The summed E-state index contributed by atoms with van der Waals surface area (Å²) < 4.78 is 5.27. The van der Waals surface area contributed by atoms with E-state index in [2.05, 4.69) is 31.0 Å². The molecule has 132 valence electrons. The summed E-state index contributed by atoms with van der Waals surface area (Å²) in [4.78, 5) is 16.9. The number of hydrogen-bond acceptors (Lipinski definition) is 4. The average Bonchev–Trinajstić information content (AvgIpc) is 2.60. The Balaban J connectivity index is 1.70. The van der Waals surface area contributed by atoms with Gasteiger partial charge in [-0.25, -0.2) is 4.98 Å². The lowest BCUT2D eigenvalue weighted by atomic mass is 9.81. The van der Waals surface area contributed by atoms with Crippen LogP contribution in [0.25, 0.3) is 21.9 Å². The molecule has 2 heterocycles. The highest BCUT2D eigenvalue weighted by molar-refractivity contribution is 5.98. The minimum absolute atomic E-state index is 0.0172. The Morgan fingerprint density at radius 3 is 2.69 bits per heavy atom. The topological polar surface area (TPSA) is 65.2 Å². The summed E-state index contributed by atoms with van der Waals surface area (Å²) in [6.45, 7) is 5.50. The lowest BCUT2D eigenvalue weighted by Gasteiger charge is -2.37. The first kappa shape index (κ1) is 16.7. The summed E-state index contributed by atoms with van der Waals surface area (Å²) >= 11 is 0. The predicted octanol–water partition coefficient (Wildman–Crippen LogP) is 4.40. The number of hydrogen-bond donors (Lipinski definition) is 1. The van der Waals surface area contributed by atoms with Crippen LogP contribution in [-0.4, -0.2) is 24.0 Å². The van der Waals surface area contributed by atoms with Crippen LogP contribution < -0.4 is 5.73 Å². The van der Waals surface area contributed by atoms with E-state index in [1.54, 1.807) is 6.20 Å². The van der Waals surface area contributed by atoms with Crippen molar-refractivity contribution in [3.8, 4) is 11.1 Å². The van der Waals surface area contributed by atoms with Crippen LogP contribution in [0.1, 0.15) is 29.3 Å². The van der Waals surface area contributed by atoms with Gasteiger partial charge >= 0.3 is 0 Å². The molecule has 2 N–H and O–H groups in total. The third-order valence-electron chi connectivity index (χ3n) is 5.10. The number of ether oxygens (including phenoxy) is 1. The fourth-order valence-electron chi connectivity index (χ4n) is 3.47. The first-order valence-corrected chi connectivity index (χ1v) is 8.81. The van der Waals surface area contributed by atoms with Crippen molar-refractivity contribution in [2.24, 2.45) is 5.41 Å². The molecule has 26 heavy (non-hydrogen) atoms. The molecule has 0 saturated carbocycles. The molecule has 1 aromatic heterocycles. The van der Waals surface area contributed by atoms with E-state index in [9.17, 15) is 4.79 Å². The number of aromatic nitrogens is 1.